The molecule has 0 unspecified atom stereocenters. The van der Waals surface area contributed by atoms with Crippen molar-refractivity contribution >= 4 is 65.4 Å². The Kier molecular flexibility index (Phi) is 11.3. The highest BCUT2D eigenvalue weighted by atomic mass is 15.0. The molecule has 9 heteroatoms. The van der Waals surface area contributed by atoms with E-state index < -0.39 is 0 Å². The van der Waals surface area contributed by atoms with Gasteiger partial charge in [-0.1, -0.05) is 69.8 Å². The molecule has 13 aromatic rings. The summed E-state index contributed by atoms with van der Waals surface area (Å²) >= 11 is 0. The molecule has 0 saturated carbocycles. The minimum absolute atomic E-state index is 0.273. The summed E-state index contributed by atoms with van der Waals surface area (Å²) in [5.41, 5.74) is 18.2. The quantitative estimate of drug-likeness (QED) is 0.161. The van der Waals surface area contributed by atoms with Gasteiger partial charge in [0, 0.05) is 32.3 Å². The van der Waals surface area contributed by atoms with Crippen LogP contribution in [0.4, 0.5) is 0 Å². The van der Waals surface area contributed by atoms with Gasteiger partial charge in [0.2, 0.25) is 0 Å². The van der Waals surface area contributed by atoms with Gasteiger partial charge in [-0.05, 0) is 202 Å². The van der Waals surface area contributed by atoms with Gasteiger partial charge >= 0.3 is 0 Å². The third kappa shape index (κ3) is 7.70. The normalized spacial score (nSPS) is 11.3. The molecule has 0 saturated heterocycles. The largest absolute Gasteiger partial charge is 0.307 e. The Bertz CT molecular complexity index is 4450. The number of rotatable bonds is 6. The van der Waals surface area contributed by atoms with Gasteiger partial charge in [0.25, 0.3) is 0 Å². The van der Waals surface area contributed by atoms with Crippen molar-refractivity contribution < 1.29 is 0 Å². The lowest BCUT2D eigenvalue weighted by Gasteiger charge is -2.18. The first-order valence-electron chi connectivity index (χ1n) is 26.5. The number of hydrogen-bond donors (Lipinski definition) is 0. The topological polar surface area (TPSA) is 158 Å². The van der Waals surface area contributed by atoms with Crippen LogP contribution in [0.2, 0.25) is 0 Å². The van der Waals surface area contributed by atoms with E-state index in [0.29, 0.717) is 50.4 Å². The number of nitrogens with zero attached hydrogens (tertiary/aromatic N) is 9. The number of fused-ring (bicyclic) bond motifs is 9. The SMILES string of the molecule is Cc1ccc2c(c1)c1cc(C)ccc1n2-c1c(C#N)cc(-c2cc(-c3cc(C#N)c(-n4c5ccc(C)cc5c5cc(C)ccc54)c(C#N)c3)cc(-c3cc(C#N)c(-n4c5ccc(C)cc5c5cc(C)ccc54)c(C#N)c3)c2)cc1C#N. The van der Waals surface area contributed by atoms with E-state index in [0.717, 1.165) is 98.8 Å². The van der Waals surface area contributed by atoms with E-state index in [-0.39, 0.29) is 33.4 Å². The van der Waals surface area contributed by atoms with Gasteiger partial charge in [0.05, 0.1) is 83.5 Å². The number of nitriles is 6. The van der Waals surface area contributed by atoms with Gasteiger partial charge in [-0.2, -0.15) is 31.6 Å². The summed E-state index contributed by atoms with van der Waals surface area (Å²) in [6.07, 6.45) is 0. The molecule has 0 bridgehead atoms. The maximum atomic E-state index is 11.2. The smallest absolute Gasteiger partial charge is 0.101 e. The van der Waals surface area contributed by atoms with Crippen molar-refractivity contribution in [3.05, 3.63) is 231 Å². The molecular weight excluding hydrogens is 991 g/mol. The highest BCUT2D eigenvalue weighted by Crippen LogP contribution is 2.43. The second-order valence-corrected chi connectivity index (χ2v) is 21.4. The van der Waals surface area contributed by atoms with Crippen LogP contribution in [-0.2, 0) is 0 Å². The summed E-state index contributed by atoms with van der Waals surface area (Å²) in [7, 11) is 0. The summed E-state index contributed by atoms with van der Waals surface area (Å²) in [4.78, 5) is 0. The van der Waals surface area contributed by atoms with Crippen molar-refractivity contribution in [2.24, 2.45) is 0 Å². The molecule has 0 atom stereocenters. The molecule has 0 aliphatic carbocycles. The molecule has 3 aromatic heterocycles. The molecule has 10 aromatic carbocycles. The number of hydrogen-bond acceptors (Lipinski definition) is 6. The predicted octanol–water partition coefficient (Wildman–Crippen LogP) is 17.1. The molecule has 13 rings (SSSR count). The van der Waals surface area contributed by atoms with Gasteiger partial charge in [-0.25, -0.2) is 0 Å². The van der Waals surface area contributed by atoms with Crippen molar-refractivity contribution in [2.45, 2.75) is 41.5 Å². The Balaban J connectivity index is 1.07. The summed E-state index contributed by atoms with van der Waals surface area (Å²) in [5.74, 6) is 0. The van der Waals surface area contributed by atoms with Crippen LogP contribution in [0.25, 0.3) is 116 Å². The van der Waals surface area contributed by atoms with Crippen LogP contribution < -0.4 is 0 Å². The molecule has 0 spiro atoms. The fourth-order valence-electron chi connectivity index (χ4n) is 12.2. The van der Waals surface area contributed by atoms with Crippen LogP contribution in [0.1, 0.15) is 66.8 Å². The van der Waals surface area contributed by atoms with E-state index in [2.05, 4.69) is 72.8 Å². The van der Waals surface area contributed by atoms with Gasteiger partial charge in [-0.3, -0.25) is 0 Å². The van der Waals surface area contributed by atoms with E-state index >= 15 is 0 Å². The summed E-state index contributed by atoms with van der Waals surface area (Å²) < 4.78 is 6.02. The zero-order chi connectivity index (χ0) is 56.1. The van der Waals surface area contributed by atoms with E-state index in [1.807, 2.05) is 146 Å². The van der Waals surface area contributed by atoms with Crippen LogP contribution in [-0.4, -0.2) is 13.7 Å². The second kappa shape index (κ2) is 18.6. The van der Waals surface area contributed by atoms with Gasteiger partial charge in [-0.15, -0.1) is 0 Å². The van der Waals surface area contributed by atoms with Gasteiger partial charge < -0.3 is 13.7 Å². The Labute approximate surface area is 467 Å². The first-order chi connectivity index (χ1) is 39.3. The third-order valence-corrected chi connectivity index (χ3v) is 15.9. The van der Waals surface area contributed by atoms with Crippen LogP contribution in [0.5, 0.6) is 0 Å². The van der Waals surface area contributed by atoms with Crippen molar-refractivity contribution in [2.75, 3.05) is 0 Å². The fourth-order valence-corrected chi connectivity index (χ4v) is 12.2. The molecule has 0 radical (unpaired) electrons. The summed E-state index contributed by atoms with van der Waals surface area (Å²) in [6.45, 7) is 12.3. The zero-order valence-corrected chi connectivity index (χ0v) is 45.1. The molecule has 0 amide bonds. The number of benzene rings is 10. The van der Waals surface area contributed by atoms with Crippen molar-refractivity contribution in [3.8, 4) is 86.9 Å². The molecule has 0 fully saturated rings. The molecule has 3 heterocycles. The average molecular weight is 1040 g/mol. The van der Waals surface area contributed by atoms with E-state index in [1.54, 1.807) is 36.4 Å². The molecule has 81 heavy (non-hydrogen) atoms. The lowest BCUT2D eigenvalue weighted by atomic mass is 9.89. The highest BCUT2D eigenvalue weighted by Gasteiger charge is 2.25. The first-order valence-corrected chi connectivity index (χ1v) is 26.5. The molecule has 378 valence electrons. The standard InChI is InChI=1S/C72H45N9/c1-40-7-13-64-58(19-40)59-20-41(2)8-14-65(59)79(64)70-52(34-73)28-49(29-53(70)35-74)46-25-47(50-30-54(36-75)71(55(31-50)37-76)80-66-15-9-42(3)21-60(66)61-22-43(4)10-16-67(61)80)27-48(26-46)51-32-56(38-77)72(57(33-51)39-78)81-68-17-11-44(5)23-62(68)63-24-45(6)12-18-69(63)81/h7-33H,1-6H3. The van der Waals surface area contributed by atoms with Crippen LogP contribution in [0.15, 0.2) is 164 Å². The minimum atomic E-state index is 0.273. The second-order valence-electron chi connectivity index (χ2n) is 21.4. The number of aromatic nitrogens is 3. The van der Waals surface area contributed by atoms with Gasteiger partial charge in [0.1, 0.15) is 36.4 Å². The zero-order valence-electron chi connectivity index (χ0n) is 45.1. The lowest BCUT2D eigenvalue weighted by molar-refractivity contribution is 1.15. The fraction of sp³-hybridized carbons (Fsp3) is 0.0833. The van der Waals surface area contributed by atoms with Crippen molar-refractivity contribution in [1.29, 1.82) is 31.6 Å². The van der Waals surface area contributed by atoms with Gasteiger partial charge in [0.15, 0.2) is 0 Å². The maximum Gasteiger partial charge on any atom is 0.101 e. The van der Waals surface area contributed by atoms with Crippen molar-refractivity contribution in [3.63, 3.8) is 0 Å². The Morgan fingerprint density at radius 2 is 0.383 bits per heavy atom. The van der Waals surface area contributed by atoms with Crippen LogP contribution in [0.3, 0.4) is 0 Å². The third-order valence-electron chi connectivity index (χ3n) is 15.9. The van der Waals surface area contributed by atoms with E-state index in [4.69, 9.17) is 0 Å². The Morgan fingerprint density at radius 1 is 0.222 bits per heavy atom. The molecule has 0 N–H and O–H groups in total. The number of aryl methyl sites for hydroxylation is 6. The van der Waals surface area contributed by atoms with E-state index in [9.17, 15) is 31.6 Å². The Hall–Kier alpha value is -11.5. The molecule has 9 nitrogen and oxygen atoms in total. The summed E-state index contributed by atoms with van der Waals surface area (Å²) in [6, 6.07) is 68.5. The first kappa shape index (κ1) is 49.1. The molecule has 0 aliphatic rings. The average Bonchev–Trinajstić information content (AvgIpc) is 3.48. The Morgan fingerprint density at radius 3 is 0.543 bits per heavy atom. The van der Waals surface area contributed by atoms with E-state index in [1.165, 1.54) is 0 Å². The molecular formula is C72H45N9. The summed E-state index contributed by atoms with van der Waals surface area (Å²) in [5, 5.41) is 73.0. The van der Waals surface area contributed by atoms with Crippen LogP contribution in [0, 0.1) is 110 Å². The maximum absolute atomic E-state index is 11.2. The lowest BCUT2D eigenvalue weighted by Crippen LogP contribution is -2.03. The van der Waals surface area contributed by atoms with Crippen LogP contribution >= 0.6 is 0 Å². The molecule has 0 aliphatic heterocycles. The van der Waals surface area contributed by atoms with Crippen molar-refractivity contribution in [1.82, 2.24) is 13.7 Å². The predicted molar refractivity (Wildman–Crippen MR) is 322 cm³/mol. The minimum Gasteiger partial charge on any atom is -0.307 e. The monoisotopic (exact) mass is 1040 g/mol. The highest BCUT2D eigenvalue weighted by molar-refractivity contribution is 6.12.